The molecule has 2 unspecified atom stereocenters. The molecule has 5 nitrogen and oxygen atoms in total. The second kappa shape index (κ2) is 6.45. The summed E-state index contributed by atoms with van der Waals surface area (Å²) in [4.78, 5) is 10.4. The van der Waals surface area contributed by atoms with E-state index in [4.69, 9.17) is 4.74 Å². The van der Waals surface area contributed by atoms with Crippen LogP contribution in [0.1, 0.15) is 25.3 Å². The van der Waals surface area contributed by atoms with E-state index in [1.807, 2.05) is 6.07 Å². The van der Waals surface area contributed by atoms with Crippen LogP contribution in [-0.2, 0) is 11.3 Å². The molecule has 2 rings (SSSR count). The summed E-state index contributed by atoms with van der Waals surface area (Å²) in [7, 11) is 0. The van der Waals surface area contributed by atoms with E-state index < -0.39 is 0 Å². The van der Waals surface area contributed by atoms with Gasteiger partial charge in [0.05, 0.1) is 11.0 Å². The molecule has 1 heterocycles. The average molecular weight is 329 g/mol. The maximum Gasteiger partial charge on any atom is 0.270 e. The van der Waals surface area contributed by atoms with Crippen molar-refractivity contribution in [1.82, 2.24) is 5.32 Å². The van der Waals surface area contributed by atoms with E-state index in [9.17, 15) is 10.1 Å². The Bertz CT molecular complexity index is 467. The molecular weight excluding hydrogens is 312 g/mol. The second-order valence-corrected chi connectivity index (χ2v) is 5.77. The molecule has 1 saturated heterocycles. The van der Waals surface area contributed by atoms with Crippen LogP contribution in [0.15, 0.2) is 22.7 Å². The highest BCUT2D eigenvalue weighted by Crippen LogP contribution is 2.22. The lowest BCUT2D eigenvalue weighted by Gasteiger charge is -2.28. The van der Waals surface area contributed by atoms with Crippen molar-refractivity contribution in [3.63, 3.8) is 0 Å². The van der Waals surface area contributed by atoms with E-state index >= 15 is 0 Å². The fraction of sp³-hybridized carbons (Fsp3) is 0.538. The number of nitrogens with zero attached hydrogens (tertiary/aromatic N) is 1. The fourth-order valence-electron chi connectivity index (χ4n) is 2.29. The molecule has 0 aromatic heterocycles. The van der Waals surface area contributed by atoms with Crippen LogP contribution in [0.2, 0.25) is 0 Å². The van der Waals surface area contributed by atoms with Gasteiger partial charge >= 0.3 is 0 Å². The second-order valence-electron chi connectivity index (χ2n) is 4.86. The van der Waals surface area contributed by atoms with Gasteiger partial charge in [-0.25, -0.2) is 0 Å². The Morgan fingerprint density at radius 2 is 2.32 bits per heavy atom. The van der Waals surface area contributed by atoms with Gasteiger partial charge in [-0.1, -0.05) is 15.9 Å². The number of rotatable bonds is 4. The van der Waals surface area contributed by atoms with E-state index in [1.54, 1.807) is 6.07 Å². The molecule has 0 saturated carbocycles. The van der Waals surface area contributed by atoms with Crippen molar-refractivity contribution in [2.45, 2.75) is 38.5 Å². The van der Waals surface area contributed by atoms with Gasteiger partial charge < -0.3 is 10.1 Å². The third-order valence-corrected chi connectivity index (χ3v) is 3.69. The molecule has 0 spiro atoms. The Balaban J connectivity index is 1.97. The summed E-state index contributed by atoms with van der Waals surface area (Å²) in [5, 5.41) is 14.2. The van der Waals surface area contributed by atoms with Crippen molar-refractivity contribution in [2.24, 2.45) is 0 Å². The maximum absolute atomic E-state index is 10.8. The first-order valence-electron chi connectivity index (χ1n) is 6.33. The molecule has 0 aliphatic carbocycles. The predicted octanol–water partition coefficient (Wildman–Crippen LogP) is 3.01. The molecule has 104 valence electrons. The third kappa shape index (κ3) is 4.26. The third-order valence-electron chi connectivity index (χ3n) is 3.23. The summed E-state index contributed by atoms with van der Waals surface area (Å²) in [6, 6.07) is 5.45. The summed E-state index contributed by atoms with van der Waals surface area (Å²) in [6.45, 7) is 3.48. The molecule has 1 aliphatic rings. The zero-order chi connectivity index (χ0) is 13.8. The van der Waals surface area contributed by atoms with Crippen LogP contribution >= 0.6 is 15.9 Å². The van der Waals surface area contributed by atoms with Gasteiger partial charge in [0.15, 0.2) is 0 Å². The summed E-state index contributed by atoms with van der Waals surface area (Å²) >= 11 is 3.30. The first kappa shape index (κ1) is 14.4. The van der Waals surface area contributed by atoms with Crippen molar-refractivity contribution in [3.8, 4) is 0 Å². The molecule has 1 fully saturated rings. The van der Waals surface area contributed by atoms with Crippen molar-refractivity contribution >= 4 is 21.6 Å². The minimum absolute atomic E-state index is 0.117. The van der Waals surface area contributed by atoms with E-state index in [2.05, 4.69) is 28.2 Å². The van der Waals surface area contributed by atoms with Gasteiger partial charge in [0.25, 0.3) is 5.69 Å². The normalized spacial score (nSPS) is 23.3. The summed E-state index contributed by atoms with van der Waals surface area (Å²) < 4.78 is 6.23. The smallest absolute Gasteiger partial charge is 0.270 e. The predicted molar refractivity (Wildman–Crippen MR) is 76.1 cm³/mol. The molecular formula is C13H17BrN2O3. The molecule has 6 heteroatoms. The van der Waals surface area contributed by atoms with Gasteiger partial charge in [0.2, 0.25) is 0 Å². The largest absolute Gasteiger partial charge is 0.378 e. The van der Waals surface area contributed by atoms with Gasteiger partial charge in [-0.3, -0.25) is 10.1 Å². The van der Waals surface area contributed by atoms with Gasteiger partial charge in [-0.2, -0.15) is 0 Å². The van der Waals surface area contributed by atoms with E-state index in [1.165, 1.54) is 6.07 Å². The maximum atomic E-state index is 10.8. The van der Waals surface area contributed by atoms with Gasteiger partial charge in [0.1, 0.15) is 0 Å². The standard InChI is InChI=1S/C13H17BrN2O3/c1-9-4-12(2-3-19-9)15-8-10-5-11(14)7-13(6-10)16(17)18/h5-7,9,12,15H,2-4,8H2,1H3. The van der Waals surface area contributed by atoms with Gasteiger partial charge in [0, 0.05) is 35.8 Å². The average Bonchev–Trinajstić information content (AvgIpc) is 2.36. The highest BCUT2D eigenvalue weighted by atomic mass is 79.9. The zero-order valence-electron chi connectivity index (χ0n) is 10.8. The number of hydrogen-bond acceptors (Lipinski definition) is 4. The number of hydrogen-bond donors (Lipinski definition) is 1. The van der Waals surface area contributed by atoms with E-state index in [0.29, 0.717) is 12.6 Å². The summed E-state index contributed by atoms with van der Waals surface area (Å²) in [5.41, 5.74) is 1.03. The Hall–Kier alpha value is -0.980. The van der Waals surface area contributed by atoms with Crippen LogP contribution in [-0.4, -0.2) is 23.7 Å². The lowest BCUT2D eigenvalue weighted by molar-refractivity contribution is -0.385. The Labute approximate surface area is 120 Å². The van der Waals surface area contributed by atoms with Crippen LogP contribution in [0.25, 0.3) is 0 Å². The molecule has 0 radical (unpaired) electrons. The number of nitrogens with one attached hydrogen (secondary N) is 1. The lowest BCUT2D eigenvalue weighted by atomic mass is 10.0. The molecule has 2 atom stereocenters. The van der Waals surface area contributed by atoms with Crippen LogP contribution in [0, 0.1) is 10.1 Å². The first-order valence-corrected chi connectivity index (χ1v) is 7.13. The van der Waals surface area contributed by atoms with Crippen molar-refractivity contribution in [3.05, 3.63) is 38.3 Å². The Morgan fingerprint density at radius 3 is 3.00 bits per heavy atom. The Morgan fingerprint density at radius 1 is 1.53 bits per heavy atom. The molecule has 1 N–H and O–H groups in total. The molecule has 1 aliphatic heterocycles. The fourth-order valence-corrected chi connectivity index (χ4v) is 2.82. The van der Waals surface area contributed by atoms with Crippen LogP contribution < -0.4 is 5.32 Å². The zero-order valence-corrected chi connectivity index (χ0v) is 12.4. The van der Waals surface area contributed by atoms with E-state index in [0.717, 1.165) is 29.5 Å². The number of non-ortho nitro benzene ring substituents is 1. The van der Waals surface area contributed by atoms with Gasteiger partial charge in [-0.05, 0) is 31.4 Å². The monoisotopic (exact) mass is 328 g/mol. The lowest BCUT2D eigenvalue weighted by Crippen LogP contribution is -2.37. The van der Waals surface area contributed by atoms with E-state index in [-0.39, 0.29) is 16.7 Å². The van der Waals surface area contributed by atoms with Crippen LogP contribution in [0.3, 0.4) is 0 Å². The minimum atomic E-state index is -0.370. The topological polar surface area (TPSA) is 64.4 Å². The number of ether oxygens (including phenoxy) is 1. The van der Waals surface area contributed by atoms with Crippen molar-refractivity contribution in [1.29, 1.82) is 0 Å². The molecule has 1 aromatic carbocycles. The summed E-state index contributed by atoms with van der Waals surface area (Å²) in [5.74, 6) is 0. The van der Waals surface area contributed by atoms with Crippen LogP contribution in [0.5, 0.6) is 0 Å². The molecule has 0 bridgehead atoms. The summed E-state index contributed by atoms with van der Waals surface area (Å²) in [6.07, 6.45) is 2.25. The highest BCUT2D eigenvalue weighted by Gasteiger charge is 2.19. The first-order chi connectivity index (χ1) is 9.04. The number of nitro benzene ring substituents is 1. The quantitative estimate of drug-likeness (QED) is 0.681. The SMILES string of the molecule is CC1CC(NCc2cc(Br)cc([N+](=O)[O-])c2)CCO1. The van der Waals surface area contributed by atoms with Crippen molar-refractivity contribution < 1.29 is 9.66 Å². The highest BCUT2D eigenvalue weighted by molar-refractivity contribution is 9.10. The Kier molecular flexibility index (Phi) is 4.90. The van der Waals surface area contributed by atoms with Crippen molar-refractivity contribution in [2.75, 3.05) is 6.61 Å². The molecule has 19 heavy (non-hydrogen) atoms. The number of benzene rings is 1. The molecule has 0 amide bonds. The molecule has 1 aromatic rings. The van der Waals surface area contributed by atoms with Gasteiger partial charge in [-0.15, -0.1) is 0 Å². The number of halogens is 1. The number of nitro groups is 1. The van der Waals surface area contributed by atoms with Crippen LogP contribution in [0.4, 0.5) is 5.69 Å². The minimum Gasteiger partial charge on any atom is -0.378 e.